The summed E-state index contributed by atoms with van der Waals surface area (Å²) in [6.07, 6.45) is 7.03. The normalized spacial score (nSPS) is 26.0. The molecule has 0 saturated heterocycles. The molecule has 1 aliphatic rings. The molecule has 0 heterocycles. The standard InChI is InChI=1S/C7H9BrO/c8-7-3-1-6(5-9)2-4-7/h1-3,7,9H,4-5H2. The van der Waals surface area contributed by atoms with Gasteiger partial charge in [-0.3, -0.25) is 0 Å². The van der Waals surface area contributed by atoms with E-state index >= 15 is 0 Å². The van der Waals surface area contributed by atoms with E-state index in [0.29, 0.717) is 4.83 Å². The highest BCUT2D eigenvalue weighted by Crippen LogP contribution is 2.15. The summed E-state index contributed by atoms with van der Waals surface area (Å²) >= 11 is 3.43. The first-order chi connectivity index (χ1) is 4.33. The second-order valence-corrected chi connectivity index (χ2v) is 3.22. The molecule has 1 rings (SSSR count). The van der Waals surface area contributed by atoms with E-state index < -0.39 is 0 Å². The Morgan fingerprint density at radius 2 is 2.56 bits per heavy atom. The maximum absolute atomic E-state index is 8.64. The third-order valence-electron chi connectivity index (χ3n) is 1.31. The second kappa shape index (κ2) is 3.18. The molecule has 0 radical (unpaired) electrons. The van der Waals surface area contributed by atoms with Crippen molar-refractivity contribution in [2.45, 2.75) is 11.2 Å². The number of aliphatic hydroxyl groups is 1. The van der Waals surface area contributed by atoms with Gasteiger partial charge in [-0.05, 0) is 12.0 Å². The zero-order valence-electron chi connectivity index (χ0n) is 5.05. The lowest BCUT2D eigenvalue weighted by atomic mass is 10.1. The van der Waals surface area contributed by atoms with Gasteiger partial charge in [0.15, 0.2) is 0 Å². The summed E-state index contributed by atoms with van der Waals surface area (Å²) in [5, 5.41) is 8.64. The van der Waals surface area contributed by atoms with Gasteiger partial charge in [-0.15, -0.1) is 0 Å². The molecule has 1 aliphatic carbocycles. The van der Waals surface area contributed by atoms with Crippen molar-refractivity contribution < 1.29 is 5.11 Å². The Bertz CT molecular complexity index is 149. The Balaban J connectivity index is 2.52. The van der Waals surface area contributed by atoms with Gasteiger partial charge in [-0.1, -0.05) is 34.2 Å². The average Bonchev–Trinajstić information content (AvgIpc) is 1.90. The van der Waals surface area contributed by atoms with Crippen molar-refractivity contribution in [3.8, 4) is 0 Å². The molecule has 0 amide bonds. The molecule has 1 nitrogen and oxygen atoms in total. The van der Waals surface area contributed by atoms with Crippen LogP contribution in [0.3, 0.4) is 0 Å². The minimum Gasteiger partial charge on any atom is -0.392 e. The van der Waals surface area contributed by atoms with E-state index in [4.69, 9.17) is 5.11 Å². The van der Waals surface area contributed by atoms with Crippen molar-refractivity contribution in [2.24, 2.45) is 0 Å². The smallest absolute Gasteiger partial charge is 0.0678 e. The number of alkyl halides is 1. The van der Waals surface area contributed by atoms with Crippen LogP contribution in [0, 0.1) is 0 Å². The molecule has 0 aliphatic heterocycles. The first-order valence-corrected chi connectivity index (χ1v) is 3.86. The second-order valence-electron chi connectivity index (χ2n) is 2.05. The van der Waals surface area contributed by atoms with Crippen LogP contribution in [0.2, 0.25) is 0 Å². The zero-order chi connectivity index (χ0) is 6.69. The number of aliphatic hydroxyl groups excluding tert-OH is 1. The molecule has 0 spiro atoms. The molecule has 0 aromatic carbocycles. The van der Waals surface area contributed by atoms with Crippen LogP contribution in [-0.4, -0.2) is 16.5 Å². The molecule has 1 atom stereocenters. The van der Waals surface area contributed by atoms with Gasteiger partial charge in [0, 0.05) is 4.83 Å². The number of halogens is 1. The number of rotatable bonds is 1. The Morgan fingerprint density at radius 3 is 3.00 bits per heavy atom. The molecule has 9 heavy (non-hydrogen) atoms. The number of hydrogen-bond donors (Lipinski definition) is 1. The highest BCUT2D eigenvalue weighted by atomic mass is 79.9. The van der Waals surface area contributed by atoms with Crippen LogP contribution >= 0.6 is 15.9 Å². The van der Waals surface area contributed by atoms with Crippen LogP contribution in [0.4, 0.5) is 0 Å². The molecule has 0 aromatic rings. The van der Waals surface area contributed by atoms with Crippen LogP contribution in [-0.2, 0) is 0 Å². The largest absolute Gasteiger partial charge is 0.392 e. The van der Waals surface area contributed by atoms with E-state index in [1.807, 2.05) is 18.2 Å². The summed E-state index contributed by atoms with van der Waals surface area (Å²) in [6, 6.07) is 0. The van der Waals surface area contributed by atoms with Crippen LogP contribution in [0.25, 0.3) is 0 Å². The van der Waals surface area contributed by atoms with E-state index in [0.717, 1.165) is 12.0 Å². The molecular weight excluding hydrogens is 180 g/mol. The molecule has 0 saturated carbocycles. The van der Waals surface area contributed by atoms with E-state index in [1.165, 1.54) is 0 Å². The Morgan fingerprint density at radius 1 is 1.78 bits per heavy atom. The predicted octanol–water partition coefficient (Wildman–Crippen LogP) is 1.63. The van der Waals surface area contributed by atoms with Gasteiger partial charge < -0.3 is 5.11 Å². The third-order valence-corrected chi connectivity index (χ3v) is 1.99. The molecule has 0 fully saturated rings. The third kappa shape index (κ3) is 1.95. The van der Waals surface area contributed by atoms with Crippen molar-refractivity contribution in [1.29, 1.82) is 0 Å². The quantitative estimate of drug-likeness (QED) is 0.621. The molecule has 50 valence electrons. The highest BCUT2D eigenvalue weighted by molar-refractivity contribution is 9.09. The fourth-order valence-electron chi connectivity index (χ4n) is 0.756. The minimum atomic E-state index is 0.163. The van der Waals surface area contributed by atoms with Gasteiger partial charge >= 0.3 is 0 Å². The summed E-state index contributed by atoms with van der Waals surface area (Å²) in [5.74, 6) is 0. The SMILES string of the molecule is OCC1=CCC(Br)C=C1. The van der Waals surface area contributed by atoms with Crippen LogP contribution < -0.4 is 0 Å². The van der Waals surface area contributed by atoms with Gasteiger partial charge in [-0.2, -0.15) is 0 Å². The molecule has 0 bridgehead atoms. The van der Waals surface area contributed by atoms with Crippen LogP contribution in [0.15, 0.2) is 23.8 Å². The lowest BCUT2D eigenvalue weighted by Crippen LogP contribution is -1.98. The highest BCUT2D eigenvalue weighted by Gasteiger charge is 2.02. The molecule has 0 aromatic heterocycles. The monoisotopic (exact) mass is 188 g/mol. The van der Waals surface area contributed by atoms with Crippen molar-refractivity contribution in [3.05, 3.63) is 23.8 Å². The molecular formula is C7H9BrO. The first kappa shape index (κ1) is 7.03. The van der Waals surface area contributed by atoms with E-state index in [2.05, 4.69) is 15.9 Å². The Labute approximate surface area is 63.2 Å². The summed E-state index contributed by atoms with van der Waals surface area (Å²) in [4.78, 5) is 0.466. The van der Waals surface area contributed by atoms with Gasteiger partial charge in [0.25, 0.3) is 0 Å². The van der Waals surface area contributed by atoms with E-state index in [1.54, 1.807) is 0 Å². The first-order valence-electron chi connectivity index (χ1n) is 2.95. The number of hydrogen-bond acceptors (Lipinski definition) is 1. The maximum Gasteiger partial charge on any atom is 0.0678 e. The topological polar surface area (TPSA) is 20.2 Å². The van der Waals surface area contributed by atoms with Gasteiger partial charge in [0.1, 0.15) is 0 Å². The summed E-state index contributed by atoms with van der Waals surface area (Å²) < 4.78 is 0. The fourth-order valence-corrected chi connectivity index (χ4v) is 1.10. The lowest BCUT2D eigenvalue weighted by molar-refractivity contribution is 0.334. The maximum atomic E-state index is 8.64. The summed E-state index contributed by atoms with van der Waals surface area (Å²) in [7, 11) is 0. The van der Waals surface area contributed by atoms with Crippen molar-refractivity contribution >= 4 is 15.9 Å². The lowest BCUT2D eigenvalue weighted by Gasteiger charge is -2.07. The summed E-state index contributed by atoms with van der Waals surface area (Å²) in [5.41, 5.74) is 1.02. The fraction of sp³-hybridized carbons (Fsp3) is 0.429. The molecule has 1 N–H and O–H groups in total. The van der Waals surface area contributed by atoms with E-state index in [-0.39, 0.29) is 6.61 Å². The van der Waals surface area contributed by atoms with Crippen molar-refractivity contribution in [1.82, 2.24) is 0 Å². The van der Waals surface area contributed by atoms with E-state index in [9.17, 15) is 0 Å². The minimum absolute atomic E-state index is 0.163. The van der Waals surface area contributed by atoms with Crippen LogP contribution in [0.5, 0.6) is 0 Å². The number of allylic oxidation sites excluding steroid dienone is 2. The predicted molar refractivity (Wildman–Crippen MR) is 41.6 cm³/mol. The molecule has 1 unspecified atom stereocenters. The average molecular weight is 189 g/mol. The Hall–Kier alpha value is -0.0800. The molecule has 2 heteroatoms. The van der Waals surface area contributed by atoms with Gasteiger partial charge in [-0.25, -0.2) is 0 Å². The zero-order valence-corrected chi connectivity index (χ0v) is 6.63. The summed E-state index contributed by atoms with van der Waals surface area (Å²) in [6.45, 7) is 0.163. The van der Waals surface area contributed by atoms with Gasteiger partial charge in [0.05, 0.1) is 6.61 Å². The van der Waals surface area contributed by atoms with Gasteiger partial charge in [0.2, 0.25) is 0 Å². The van der Waals surface area contributed by atoms with Crippen molar-refractivity contribution in [2.75, 3.05) is 6.61 Å². The van der Waals surface area contributed by atoms with Crippen molar-refractivity contribution in [3.63, 3.8) is 0 Å². The van der Waals surface area contributed by atoms with Crippen LogP contribution in [0.1, 0.15) is 6.42 Å². The Kier molecular flexibility index (Phi) is 2.49.